The van der Waals surface area contributed by atoms with Gasteiger partial charge in [0.2, 0.25) is 0 Å². The number of hydrogen-bond donors (Lipinski definition) is 0. The van der Waals surface area contributed by atoms with Crippen LogP contribution in [-0.4, -0.2) is 5.78 Å². The monoisotopic (exact) mass is 226 g/mol. The second-order valence-electron chi connectivity index (χ2n) is 7.71. The lowest BCUT2D eigenvalue weighted by Gasteiger charge is -2.30. The van der Waals surface area contributed by atoms with Gasteiger partial charge in [-0.3, -0.25) is 4.79 Å². The summed E-state index contributed by atoms with van der Waals surface area (Å²) in [7, 11) is 0. The van der Waals surface area contributed by atoms with Crippen molar-refractivity contribution in [3.05, 3.63) is 0 Å². The van der Waals surface area contributed by atoms with Crippen LogP contribution in [0.15, 0.2) is 0 Å². The van der Waals surface area contributed by atoms with Crippen molar-refractivity contribution >= 4 is 5.78 Å². The molecule has 1 atom stereocenters. The Morgan fingerprint density at radius 2 is 1.44 bits per heavy atom. The second-order valence-corrected chi connectivity index (χ2v) is 7.71. The van der Waals surface area contributed by atoms with Crippen LogP contribution in [0.1, 0.15) is 68.2 Å². The Morgan fingerprint density at radius 3 is 1.69 bits per heavy atom. The Kier molecular flexibility index (Phi) is 5.22. The zero-order valence-corrected chi connectivity index (χ0v) is 12.5. The SMILES string of the molecule is CC(C)C[C@@H](CC(C)(C)C)C(=O)C(C)(C)C. The predicted octanol–water partition coefficient (Wildman–Crippen LogP) is 4.70. The molecule has 0 aromatic carbocycles. The van der Waals surface area contributed by atoms with Crippen LogP contribution < -0.4 is 0 Å². The summed E-state index contributed by atoms with van der Waals surface area (Å²) < 4.78 is 0. The smallest absolute Gasteiger partial charge is 0.141 e. The van der Waals surface area contributed by atoms with E-state index in [4.69, 9.17) is 0 Å². The molecule has 0 saturated carbocycles. The molecule has 0 amide bonds. The lowest BCUT2D eigenvalue weighted by Crippen LogP contribution is -2.32. The molecule has 0 spiro atoms. The molecule has 0 aromatic heterocycles. The molecule has 0 radical (unpaired) electrons. The molecule has 0 fully saturated rings. The molecule has 0 saturated heterocycles. The molecule has 0 aromatic rings. The quantitative estimate of drug-likeness (QED) is 0.679. The molecule has 0 bridgehead atoms. The van der Waals surface area contributed by atoms with Gasteiger partial charge in [0.15, 0.2) is 0 Å². The highest BCUT2D eigenvalue weighted by atomic mass is 16.1. The van der Waals surface area contributed by atoms with Crippen LogP contribution in [-0.2, 0) is 4.79 Å². The highest BCUT2D eigenvalue weighted by Crippen LogP contribution is 2.33. The van der Waals surface area contributed by atoms with E-state index < -0.39 is 0 Å². The van der Waals surface area contributed by atoms with Gasteiger partial charge in [0.1, 0.15) is 5.78 Å². The van der Waals surface area contributed by atoms with E-state index in [9.17, 15) is 4.79 Å². The maximum absolute atomic E-state index is 12.4. The van der Waals surface area contributed by atoms with Crippen molar-refractivity contribution in [1.82, 2.24) is 0 Å². The molecule has 0 unspecified atom stereocenters. The average molecular weight is 226 g/mol. The summed E-state index contributed by atoms with van der Waals surface area (Å²) in [5.41, 5.74) is 0.0330. The normalized spacial score (nSPS) is 15.3. The van der Waals surface area contributed by atoms with Crippen LogP contribution in [0.4, 0.5) is 0 Å². The van der Waals surface area contributed by atoms with Gasteiger partial charge in [-0.15, -0.1) is 0 Å². The third-order valence-corrected chi connectivity index (χ3v) is 2.72. The number of rotatable bonds is 4. The largest absolute Gasteiger partial charge is 0.299 e. The summed E-state index contributed by atoms with van der Waals surface area (Å²) >= 11 is 0. The van der Waals surface area contributed by atoms with Crippen molar-refractivity contribution in [2.45, 2.75) is 68.2 Å². The molecular formula is C15H30O. The van der Waals surface area contributed by atoms with Crippen molar-refractivity contribution in [2.24, 2.45) is 22.7 Å². The Labute approximate surface area is 102 Å². The fraction of sp³-hybridized carbons (Fsp3) is 0.933. The first-order valence-electron chi connectivity index (χ1n) is 6.48. The average Bonchev–Trinajstić information content (AvgIpc) is 1.96. The molecule has 0 aliphatic heterocycles. The van der Waals surface area contributed by atoms with Crippen LogP contribution in [0.25, 0.3) is 0 Å². The highest BCUT2D eigenvalue weighted by Gasteiger charge is 2.32. The van der Waals surface area contributed by atoms with Gasteiger partial charge in [-0.1, -0.05) is 55.4 Å². The Hall–Kier alpha value is -0.330. The van der Waals surface area contributed by atoms with Gasteiger partial charge in [-0.2, -0.15) is 0 Å². The molecule has 0 aliphatic rings. The van der Waals surface area contributed by atoms with E-state index in [1.54, 1.807) is 0 Å². The minimum Gasteiger partial charge on any atom is -0.299 e. The van der Waals surface area contributed by atoms with Crippen LogP contribution in [0.2, 0.25) is 0 Å². The maximum Gasteiger partial charge on any atom is 0.141 e. The van der Waals surface area contributed by atoms with Gasteiger partial charge < -0.3 is 0 Å². The lowest BCUT2D eigenvalue weighted by atomic mass is 9.73. The Bertz CT molecular complexity index is 225. The molecule has 16 heavy (non-hydrogen) atoms. The fourth-order valence-corrected chi connectivity index (χ4v) is 2.20. The summed E-state index contributed by atoms with van der Waals surface area (Å²) in [6.45, 7) is 17.2. The topological polar surface area (TPSA) is 17.1 Å². The summed E-state index contributed by atoms with van der Waals surface area (Å²) in [6.07, 6.45) is 2.02. The van der Waals surface area contributed by atoms with E-state index in [0.29, 0.717) is 11.7 Å². The fourth-order valence-electron chi connectivity index (χ4n) is 2.20. The number of carbonyl (C=O) groups excluding carboxylic acids is 1. The third-order valence-electron chi connectivity index (χ3n) is 2.72. The van der Waals surface area contributed by atoms with E-state index in [2.05, 4.69) is 34.6 Å². The molecule has 1 nitrogen and oxygen atoms in total. The van der Waals surface area contributed by atoms with Crippen molar-refractivity contribution in [1.29, 1.82) is 0 Å². The van der Waals surface area contributed by atoms with E-state index in [1.807, 2.05) is 20.8 Å². The van der Waals surface area contributed by atoms with Crippen LogP contribution >= 0.6 is 0 Å². The molecule has 1 heteroatoms. The van der Waals surface area contributed by atoms with Crippen LogP contribution in [0, 0.1) is 22.7 Å². The van der Waals surface area contributed by atoms with E-state index >= 15 is 0 Å². The highest BCUT2D eigenvalue weighted by molar-refractivity contribution is 5.86. The molecule has 96 valence electrons. The number of carbonyl (C=O) groups is 1. The van der Waals surface area contributed by atoms with Crippen molar-refractivity contribution in [3.8, 4) is 0 Å². The molecular weight excluding hydrogens is 196 g/mol. The standard InChI is InChI=1S/C15H30O/c1-11(2)9-12(10-14(3,4)5)13(16)15(6,7)8/h11-12H,9-10H2,1-8H3/t12-/m0/s1. The second kappa shape index (κ2) is 5.33. The van der Waals surface area contributed by atoms with Crippen LogP contribution in [0.3, 0.4) is 0 Å². The van der Waals surface area contributed by atoms with Gasteiger partial charge in [0, 0.05) is 11.3 Å². The van der Waals surface area contributed by atoms with E-state index in [0.717, 1.165) is 12.8 Å². The zero-order valence-electron chi connectivity index (χ0n) is 12.5. The van der Waals surface area contributed by atoms with Gasteiger partial charge >= 0.3 is 0 Å². The number of Topliss-reactive ketones (excluding diaryl/α,β-unsaturated/α-hetero) is 1. The van der Waals surface area contributed by atoms with Gasteiger partial charge in [0.05, 0.1) is 0 Å². The Morgan fingerprint density at radius 1 is 1.00 bits per heavy atom. The zero-order chi connectivity index (χ0) is 13.1. The number of hydrogen-bond acceptors (Lipinski definition) is 1. The maximum atomic E-state index is 12.4. The van der Waals surface area contributed by atoms with Crippen molar-refractivity contribution < 1.29 is 4.79 Å². The van der Waals surface area contributed by atoms with Crippen LogP contribution in [0.5, 0.6) is 0 Å². The molecule has 0 N–H and O–H groups in total. The summed E-state index contributed by atoms with van der Waals surface area (Å²) in [5.74, 6) is 1.25. The Balaban J connectivity index is 4.75. The third kappa shape index (κ3) is 6.30. The summed E-state index contributed by atoms with van der Waals surface area (Å²) in [4.78, 5) is 12.4. The first-order valence-corrected chi connectivity index (χ1v) is 6.48. The predicted molar refractivity (Wildman–Crippen MR) is 71.5 cm³/mol. The van der Waals surface area contributed by atoms with Crippen molar-refractivity contribution in [3.63, 3.8) is 0 Å². The molecule has 0 aliphatic carbocycles. The minimum absolute atomic E-state index is 0.204. The lowest BCUT2D eigenvalue weighted by molar-refractivity contribution is -0.132. The summed E-state index contributed by atoms with van der Waals surface area (Å²) in [6, 6.07) is 0. The first-order chi connectivity index (χ1) is 6.93. The van der Waals surface area contributed by atoms with Gasteiger partial charge in [-0.05, 0) is 24.2 Å². The molecule has 0 heterocycles. The van der Waals surface area contributed by atoms with Crippen molar-refractivity contribution in [2.75, 3.05) is 0 Å². The summed E-state index contributed by atoms with van der Waals surface area (Å²) in [5, 5.41) is 0. The molecule has 0 rings (SSSR count). The van der Waals surface area contributed by atoms with Gasteiger partial charge in [0.25, 0.3) is 0 Å². The first kappa shape index (κ1) is 15.7. The van der Waals surface area contributed by atoms with E-state index in [-0.39, 0.29) is 16.7 Å². The number of ketones is 1. The van der Waals surface area contributed by atoms with Gasteiger partial charge in [-0.25, -0.2) is 0 Å². The minimum atomic E-state index is -0.204. The van der Waals surface area contributed by atoms with E-state index in [1.165, 1.54) is 0 Å².